The van der Waals surface area contributed by atoms with Gasteiger partial charge in [0.25, 0.3) is 5.91 Å². The molecule has 1 heterocycles. The molecule has 11 nitrogen and oxygen atoms in total. The minimum atomic E-state index is -5.16. The highest BCUT2D eigenvalue weighted by atomic mass is 31.2. The molecule has 7 atom stereocenters. The summed E-state index contributed by atoms with van der Waals surface area (Å²) in [7, 11) is -5.16. The third kappa shape index (κ3) is 11.9. The molecule has 0 spiro atoms. The van der Waals surface area contributed by atoms with Crippen LogP contribution in [0.3, 0.4) is 0 Å². The van der Waals surface area contributed by atoms with E-state index >= 15 is 0 Å². The van der Waals surface area contributed by atoms with Crippen LogP contribution in [0.2, 0.25) is 0 Å². The molecule has 3 rings (SSSR count). The first-order chi connectivity index (χ1) is 20.9. The van der Waals surface area contributed by atoms with Gasteiger partial charge in [0.2, 0.25) is 0 Å². The van der Waals surface area contributed by atoms with E-state index in [1.165, 1.54) is 24.3 Å². The molecule has 0 radical (unpaired) electrons. The molecule has 0 aromatic heterocycles. The number of ether oxygens (including phenoxy) is 1. The lowest BCUT2D eigenvalue weighted by atomic mass is 9.86. The molecular weight excluding hydrogens is 589 g/mol. The van der Waals surface area contributed by atoms with Gasteiger partial charge in [-0.05, 0) is 56.2 Å². The van der Waals surface area contributed by atoms with Gasteiger partial charge in [0.15, 0.2) is 0 Å². The van der Waals surface area contributed by atoms with Crippen molar-refractivity contribution in [2.75, 3.05) is 6.54 Å². The molecular formula is C32H44NO10P. The minimum Gasteiger partial charge on any atom is -0.454 e. The predicted molar refractivity (Wildman–Crippen MR) is 164 cm³/mol. The Labute approximate surface area is 258 Å². The number of cyclic esters (lactones) is 1. The highest BCUT2D eigenvalue weighted by Crippen LogP contribution is 2.42. The molecule has 1 saturated carbocycles. The lowest BCUT2D eigenvalue weighted by molar-refractivity contribution is -0.143. The number of phosphoric ester groups is 1. The summed E-state index contributed by atoms with van der Waals surface area (Å²) in [6.45, 7) is 1.78. The number of rotatable bonds is 15. The van der Waals surface area contributed by atoms with Crippen molar-refractivity contribution >= 4 is 19.7 Å². The van der Waals surface area contributed by atoms with Crippen molar-refractivity contribution in [2.24, 2.45) is 11.8 Å². The third-order valence-corrected chi connectivity index (χ3v) is 8.37. The number of amides is 1. The maximum atomic E-state index is 12.6. The van der Waals surface area contributed by atoms with Crippen molar-refractivity contribution in [2.45, 2.75) is 81.9 Å². The van der Waals surface area contributed by atoms with E-state index in [1.807, 2.05) is 13.0 Å². The summed E-state index contributed by atoms with van der Waals surface area (Å²) < 4.78 is 22.4. The molecule has 1 aromatic carbocycles. The van der Waals surface area contributed by atoms with Crippen molar-refractivity contribution in [3.8, 4) is 0 Å². The fraction of sp³-hybridized carbons (Fsp3) is 0.500. The SMILES string of the molecule is CC[C@H]1C=CC(=O)O[C@H]1/C=C/[C@](O)(CCNC(=O)c1ccccc1)[C@@H](C[C@@H](O)/C=C\C=C/[C@@H]1CCC[C@H](O)C1)OP(=O)(O)O. The summed E-state index contributed by atoms with van der Waals surface area (Å²) in [4.78, 5) is 43.9. The number of allylic oxidation sites excluding steroid dienone is 3. The molecule has 242 valence electrons. The van der Waals surface area contributed by atoms with Crippen LogP contribution < -0.4 is 5.32 Å². The van der Waals surface area contributed by atoms with Crippen molar-refractivity contribution in [1.82, 2.24) is 5.32 Å². The average Bonchev–Trinajstić information content (AvgIpc) is 2.98. The van der Waals surface area contributed by atoms with Crippen molar-refractivity contribution in [3.63, 3.8) is 0 Å². The second kappa shape index (κ2) is 17.0. The first-order valence-electron chi connectivity index (χ1n) is 15.0. The summed E-state index contributed by atoms with van der Waals surface area (Å²) in [5.41, 5.74) is -1.72. The lowest BCUT2D eigenvalue weighted by Gasteiger charge is -2.35. The van der Waals surface area contributed by atoms with Crippen LogP contribution in [0, 0.1) is 11.8 Å². The number of aliphatic hydroxyl groups is 3. The maximum absolute atomic E-state index is 12.6. The standard InChI is InChI=1S/C32H44NO10P/c1-2-24-15-16-30(36)42-28(24)17-18-32(38,19-20-33-31(37)25-11-4-3-5-12-25)29(43-44(39,40)41)22-27(35)13-7-6-9-23-10-8-14-26(34)21-23/h3-7,9,11-13,15-18,23-24,26-29,34-35,38H,2,8,10,14,19-22H2,1H3,(H,33,37)(H2,39,40,41)/b9-6-,13-7-,18-17+/t23-,24+,26+,27+,28+,29-,32+/m1/s1. The number of esters is 1. The predicted octanol–water partition coefficient (Wildman–Crippen LogP) is 3.49. The Bertz CT molecular complexity index is 1240. The molecule has 0 saturated heterocycles. The quantitative estimate of drug-likeness (QED) is 0.0724. The van der Waals surface area contributed by atoms with Gasteiger partial charge in [-0.2, -0.15) is 0 Å². The normalized spacial score (nSPS) is 25.6. The Morgan fingerprint density at radius 1 is 1.20 bits per heavy atom. The van der Waals surface area contributed by atoms with Crippen LogP contribution >= 0.6 is 7.82 Å². The van der Waals surface area contributed by atoms with Crippen LogP contribution in [-0.2, 0) is 18.6 Å². The number of carbonyl (C=O) groups is 2. The van der Waals surface area contributed by atoms with Crippen molar-refractivity contribution < 1.29 is 48.5 Å². The second-order valence-electron chi connectivity index (χ2n) is 11.3. The summed E-state index contributed by atoms with van der Waals surface area (Å²) in [6, 6.07) is 8.39. The summed E-state index contributed by atoms with van der Waals surface area (Å²) in [6.07, 6.45) is 11.7. The molecule has 2 aliphatic rings. The van der Waals surface area contributed by atoms with Gasteiger partial charge in [-0.3, -0.25) is 9.32 Å². The van der Waals surface area contributed by atoms with E-state index in [0.29, 0.717) is 18.4 Å². The molecule has 6 N–H and O–H groups in total. The summed E-state index contributed by atoms with van der Waals surface area (Å²) in [5, 5.41) is 35.2. The monoisotopic (exact) mass is 633 g/mol. The van der Waals surface area contributed by atoms with E-state index in [-0.39, 0.29) is 30.9 Å². The smallest absolute Gasteiger partial charge is 0.454 e. The molecule has 1 amide bonds. The molecule has 1 aliphatic heterocycles. The molecule has 0 bridgehead atoms. The fourth-order valence-electron chi connectivity index (χ4n) is 5.40. The first-order valence-corrected chi connectivity index (χ1v) is 16.5. The van der Waals surface area contributed by atoms with Crippen LogP contribution in [0.4, 0.5) is 0 Å². The molecule has 1 aliphatic carbocycles. The Balaban J connectivity index is 1.81. The average molecular weight is 634 g/mol. The van der Waals surface area contributed by atoms with Crippen LogP contribution in [0.15, 0.2) is 78.9 Å². The fourth-order valence-corrected chi connectivity index (χ4v) is 6.00. The topological polar surface area (TPSA) is 183 Å². The number of hydrogen-bond donors (Lipinski definition) is 6. The highest BCUT2D eigenvalue weighted by Gasteiger charge is 2.41. The highest BCUT2D eigenvalue weighted by molar-refractivity contribution is 7.46. The molecule has 44 heavy (non-hydrogen) atoms. The van der Waals surface area contributed by atoms with Gasteiger partial charge in [-0.25, -0.2) is 9.36 Å². The molecule has 12 heteroatoms. The van der Waals surface area contributed by atoms with E-state index < -0.39 is 50.0 Å². The van der Waals surface area contributed by atoms with Gasteiger partial charge in [-0.1, -0.05) is 68.0 Å². The summed E-state index contributed by atoms with van der Waals surface area (Å²) >= 11 is 0. The molecule has 0 unspecified atom stereocenters. The number of nitrogens with one attached hydrogen (secondary N) is 1. The second-order valence-corrected chi connectivity index (χ2v) is 12.5. The van der Waals surface area contributed by atoms with Crippen LogP contribution in [-0.4, -0.2) is 73.5 Å². The first kappa shape index (κ1) is 35.6. The zero-order chi connectivity index (χ0) is 32.2. The van der Waals surface area contributed by atoms with Gasteiger partial charge in [0.1, 0.15) is 17.8 Å². The van der Waals surface area contributed by atoms with Crippen molar-refractivity contribution in [1.29, 1.82) is 0 Å². The van der Waals surface area contributed by atoms with Gasteiger partial charge < -0.3 is 35.2 Å². The van der Waals surface area contributed by atoms with Gasteiger partial charge >= 0.3 is 13.8 Å². The third-order valence-electron chi connectivity index (χ3n) is 7.84. The van der Waals surface area contributed by atoms with E-state index in [1.54, 1.807) is 48.6 Å². The van der Waals surface area contributed by atoms with Crippen LogP contribution in [0.1, 0.15) is 62.2 Å². The van der Waals surface area contributed by atoms with Crippen LogP contribution in [0.25, 0.3) is 0 Å². The van der Waals surface area contributed by atoms with Gasteiger partial charge in [-0.15, -0.1) is 0 Å². The Morgan fingerprint density at radius 2 is 1.95 bits per heavy atom. The lowest BCUT2D eigenvalue weighted by Crippen LogP contribution is -2.46. The Hall–Kier alpha value is -2.89. The zero-order valence-corrected chi connectivity index (χ0v) is 25.7. The maximum Gasteiger partial charge on any atom is 0.469 e. The number of phosphoric acid groups is 1. The molecule has 1 aromatic rings. The number of benzene rings is 1. The number of carbonyl (C=O) groups excluding carboxylic acids is 2. The summed E-state index contributed by atoms with van der Waals surface area (Å²) in [5.74, 6) is -0.967. The van der Waals surface area contributed by atoms with Crippen molar-refractivity contribution in [3.05, 3.63) is 84.5 Å². The van der Waals surface area contributed by atoms with E-state index in [9.17, 15) is 39.3 Å². The van der Waals surface area contributed by atoms with Gasteiger partial charge in [0.05, 0.1) is 12.2 Å². The van der Waals surface area contributed by atoms with Crippen LogP contribution in [0.5, 0.6) is 0 Å². The largest absolute Gasteiger partial charge is 0.469 e. The van der Waals surface area contributed by atoms with E-state index in [4.69, 9.17) is 9.26 Å². The number of hydrogen-bond acceptors (Lipinski definition) is 8. The zero-order valence-electron chi connectivity index (χ0n) is 24.9. The number of aliphatic hydroxyl groups excluding tert-OH is 2. The van der Waals surface area contributed by atoms with Gasteiger partial charge in [0, 0.05) is 30.5 Å². The van der Waals surface area contributed by atoms with E-state index in [0.717, 1.165) is 19.3 Å². The molecule has 1 fully saturated rings. The minimum absolute atomic E-state index is 0.112. The Morgan fingerprint density at radius 3 is 2.64 bits per heavy atom. The van der Waals surface area contributed by atoms with E-state index in [2.05, 4.69) is 5.32 Å². The Kier molecular flexibility index (Phi) is 13.7.